The zero-order valence-corrected chi connectivity index (χ0v) is 7.06. The van der Waals surface area contributed by atoms with Crippen molar-refractivity contribution in [2.45, 2.75) is 25.8 Å². The number of hydrogen-bond donors (Lipinski definition) is 1. The highest BCUT2D eigenvalue weighted by Crippen LogP contribution is 2.03. The summed E-state index contributed by atoms with van der Waals surface area (Å²) in [5.41, 5.74) is 0. The van der Waals surface area contributed by atoms with Gasteiger partial charge in [-0.15, -0.1) is 0 Å². The molecule has 0 amide bonds. The van der Waals surface area contributed by atoms with Crippen LogP contribution in [0.15, 0.2) is 0 Å². The molecule has 0 saturated carbocycles. The fraction of sp³-hybridized carbons (Fsp3) is 1.00. The van der Waals surface area contributed by atoms with Gasteiger partial charge in [0.05, 0.1) is 0 Å². The van der Waals surface area contributed by atoms with E-state index >= 15 is 0 Å². The Hall–Kier alpha value is -0.0800. The summed E-state index contributed by atoms with van der Waals surface area (Å²) in [6, 6.07) is 0.788. The van der Waals surface area contributed by atoms with Gasteiger partial charge in [-0.1, -0.05) is 6.92 Å². The van der Waals surface area contributed by atoms with Crippen LogP contribution in [0.5, 0.6) is 0 Å². The summed E-state index contributed by atoms with van der Waals surface area (Å²) in [4.78, 5) is 2.40. The van der Waals surface area contributed by atoms with E-state index in [9.17, 15) is 0 Å². The van der Waals surface area contributed by atoms with Crippen molar-refractivity contribution in [1.82, 2.24) is 10.2 Å². The number of rotatable bonds is 4. The van der Waals surface area contributed by atoms with Crippen molar-refractivity contribution in [3.63, 3.8) is 0 Å². The second-order valence-corrected chi connectivity index (χ2v) is 3.20. The third-order valence-corrected chi connectivity index (χ3v) is 2.06. The molecule has 1 aliphatic rings. The van der Waals surface area contributed by atoms with Crippen LogP contribution >= 0.6 is 0 Å². The first kappa shape index (κ1) is 8.02. The maximum absolute atomic E-state index is 3.39. The molecule has 1 heterocycles. The average molecular weight is 142 g/mol. The summed E-state index contributed by atoms with van der Waals surface area (Å²) in [6.45, 7) is 5.92. The molecule has 0 aliphatic carbocycles. The lowest BCUT2D eigenvalue weighted by Crippen LogP contribution is -2.49. The second-order valence-electron chi connectivity index (χ2n) is 3.20. The summed E-state index contributed by atoms with van der Waals surface area (Å²) in [6.07, 6.45) is 2.64. The standard InChI is InChI=1S/C8H18N2/c1-3-6-10(2)7-8-4-5-9-8/h8-9H,3-7H2,1-2H3. The van der Waals surface area contributed by atoms with Crippen LogP contribution in [0.4, 0.5) is 0 Å². The van der Waals surface area contributed by atoms with Crippen molar-refractivity contribution >= 4 is 0 Å². The Morgan fingerprint density at radius 1 is 1.60 bits per heavy atom. The van der Waals surface area contributed by atoms with Crippen LogP contribution in [0, 0.1) is 0 Å². The van der Waals surface area contributed by atoms with Gasteiger partial charge in [0.1, 0.15) is 0 Å². The Morgan fingerprint density at radius 2 is 2.30 bits per heavy atom. The van der Waals surface area contributed by atoms with Gasteiger partial charge in [0, 0.05) is 12.6 Å². The van der Waals surface area contributed by atoms with Crippen LogP contribution < -0.4 is 5.32 Å². The van der Waals surface area contributed by atoms with Crippen molar-refractivity contribution in [3.8, 4) is 0 Å². The third-order valence-electron chi connectivity index (χ3n) is 2.06. The monoisotopic (exact) mass is 142 g/mol. The van der Waals surface area contributed by atoms with E-state index in [1.165, 1.54) is 32.5 Å². The Balaban J connectivity index is 1.99. The van der Waals surface area contributed by atoms with E-state index < -0.39 is 0 Å². The summed E-state index contributed by atoms with van der Waals surface area (Å²) >= 11 is 0. The molecule has 60 valence electrons. The van der Waals surface area contributed by atoms with Gasteiger partial charge in [-0.25, -0.2) is 0 Å². The highest BCUT2D eigenvalue weighted by molar-refractivity contribution is 4.79. The first-order valence-corrected chi connectivity index (χ1v) is 4.25. The number of hydrogen-bond acceptors (Lipinski definition) is 2. The maximum atomic E-state index is 3.39. The molecule has 1 N–H and O–H groups in total. The molecule has 1 fully saturated rings. The van der Waals surface area contributed by atoms with E-state index in [2.05, 4.69) is 24.2 Å². The van der Waals surface area contributed by atoms with E-state index in [0.717, 1.165) is 6.04 Å². The van der Waals surface area contributed by atoms with Crippen LogP contribution in [0.3, 0.4) is 0 Å². The second kappa shape index (κ2) is 3.94. The lowest BCUT2D eigenvalue weighted by atomic mass is 10.1. The van der Waals surface area contributed by atoms with E-state index in [-0.39, 0.29) is 0 Å². The fourth-order valence-corrected chi connectivity index (χ4v) is 1.35. The van der Waals surface area contributed by atoms with Gasteiger partial charge in [0.15, 0.2) is 0 Å². The minimum atomic E-state index is 0.788. The minimum Gasteiger partial charge on any atom is -0.313 e. The molecule has 1 unspecified atom stereocenters. The fourth-order valence-electron chi connectivity index (χ4n) is 1.35. The van der Waals surface area contributed by atoms with E-state index in [4.69, 9.17) is 0 Å². The first-order chi connectivity index (χ1) is 4.83. The van der Waals surface area contributed by atoms with Crippen molar-refractivity contribution in [3.05, 3.63) is 0 Å². The van der Waals surface area contributed by atoms with Gasteiger partial charge >= 0.3 is 0 Å². The van der Waals surface area contributed by atoms with Gasteiger partial charge in [-0.3, -0.25) is 0 Å². The van der Waals surface area contributed by atoms with Crippen LogP contribution in [0.1, 0.15) is 19.8 Å². The van der Waals surface area contributed by atoms with Crippen molar-refractivity contribution in [2.24, 2.45) is 0 Å². The van der Waals surface area contributed by atoms with Crippen LogP contribution in [-0.4, -0.2) is 37.6 Å². The molecule has 0 radical (unpaired) electrons. The molecule has 0 aromatic carbocycles. The molecule has 0 aromatic heterocycles. The van der Waals surface area contributed by atoms with E-state index in [0.29, 0.717) is 0 Å². The summed E-state index contributed by atoms with van der Waals surface area (Å²) < 4.78 is 0. The molecule has 0 aromatic rings. The quantitative estimate of drug-likeness (QED) is 0.621. The molecule has 2 heteroatoms. The average Bonchev–Trinajstić information content (AvgIpc) is 1.80. The zero-order valence-electron chi connectivity index (χ0n) is 7.06. The molecule has 1 aliphatic heterocycles. The van der Waals surface area contributed by atoms with Crippen molar-refractivity contribution in [2.75, 3.05) is 26.7 Å². The maximum Gasteiger partial charge on any atom is 0.0206 e. The van der Waals surface area contributed by atoms with Crippen LogP contribution in [0.25, 0.3) is 0 Å². The Bertz CT molecular complexity index is 89.3. The number of likely N-dealkylation sites (N-methyl/N-ethyl adjacent to an activating group) is 1. The smallest absolute Gasteiger partial charge is 0.0206 e. The molecule has 0 spiro atoms. The van der Waals surface area contributed by atoms with Gasteiger partial charge in [-0.2, -0.15) is 0 Å². The predicted molar refractivity (Wildman–Crippen MR) is 44.2 cm³/mol. The van der Waals surface area contributed by atoms with Gasteiger partial charge in [0.25, 0.3) is 0 Å². The molecule has 2 nitrogen and oxygen atoms in total. The molecule has 1 saturated heterocycles. The highest BCUT2D eigenvalue weighted by Gasteiger charge is 2.16. The largest absolute Gasteiger partial charge is 0.313 e. The lowest BCUT2D eigenvalue weighted by molar-refractivity contribution is 0.242. The molecular formula is C8H18N2. The lowest BCUT2D eigenvalue weighted by Gasteiger charge is -2.31. The summed E-state index contributed by atoms with van der Waals surface area (Å²) in [5, 5.41) is 3.39. The molecular weight excluding hydrogens is 124 g/mol. The van der Waals surface area contributed by atoms with Crippen LogP contribution in [-0.2, 0) is 0 Å². The predicted octanol–water partition coefficient (Wildman–Crippen LogP) is 0.690. The molecule has 10 heavy (non-hydrogen) atoms. The molecule has 1 rings (SSSR count). The Morgan fingerprint density at radius 3 is 2.70 bits per heavy atom. The van der Waals surface area contributed by atoms with Crippen molar-refractivity contribution < 1.29 is 0 Å². The molecule has 0 bridgehead atoms. The minimum absolute atomic E-state index is 0.788. The summed E-state index contributed by atoms with van der Waals surface area (Å²) in [5.74, 6) is 0. The highest BCUT2D eigenvalue weighted by atomic mass is 15.1. The Labute approximate surface area is 63.6 Å². The SMILES string of the molecule is CCCN(C)CC1CCN1. The zero-order chi connectivity index (χ0) is 7.40. The van der Waals surface area contributed by atoms with Crippen LogP contribution in [0.2, 0.25) is 0 Å². The normalized spacial score (nSPS) is 24.9. The van der Waals surface area contributed by atoms with Gasteiger partial charge in [0.2, 0.25) is 0 Å². The van der Waals surface area contributed by atoms with E-state index in [1.54, 1.807) is 0 Å². The van der Waals surface area contributed by atoms with Gasteiger partial charge < -0.3 is 10.2 Å². The Kier molecular flexibility index (Phi) is 3.16. The topological polar surface area (TPSA) is 15.3 Å². The number of nitrogens with zero attached hydrogens (tertiary/aromatic N) is 1. The molecule has 1 atom stereocenters. The van der Waals surface area contributed by atoms with Gasteiger partial charge in [-0.05, 0) is 33.0 Å². The van der Waals surface area contributed by atoms with E-state index in [1.807, 2.05) is 0 Å². The number of nitrogens with one attached hydrogen (secondary N) is 1. The summed E-state index contributed by atoms with van der Waals surface area (Å²) in [7, 11) is 2.20. The van der Waals surface area contributed by atoms with Crippen molar-refractivity contribution in [1.29, 1.82) is 0 Å². The first-order valence-electron chi connectivity index (χ1n) is 4.25. The third kappa shape index (κ3) is 2.27.